The summed E-state index contributed by atoms with van der Waals surface area (Å²) in [6.45, 7) is 0. The van der Waals surface area contributed by atoms with Crippen molar-refractivity contribution < 1.29 is 19.2 Å². The molecule has 0 aliphatic rings. The Bertz CT molecular complexity index is 772. The predicted octanol–water partition coefficient (Wildman–Crippen LogP) is 2.38. The second kappa shape index (κ2) is 7.73. The van der Waals surface area contributed by atoms with Crippen LogP contribution < -0.4 is 14.9 Å². The normalized spacial score (nSPS) is 10.4. The zero-order chi connectivity index (χ0) is 17.5. The number of carbonyl (C=O) groups is 1. The van der Waals surface area contributed by atoms with Crippen molar-refractivity contribution in [2.24, 2.45) is 5.10 Å². The molecular weight excluding hydrogens is 314 g/mol. The van der Waals surface area contributed by atoms with E-state index in [1.54, 1.807) is 31.4 Å². The van der Waals surface area contributed by atoms with Crippen LogP contribution in [-0.2, 0) is 0 Å². The average molecular weight is 329 g/mol. The van der Waals surface area contributed by atoms with Crippen molar-refractivity contribution in [1.29, 1.82) is 0 Å². The van der Waals surface area contributed by atoms with E-state index in [0.29, 0.717) is 5.75 Å². The van der Waals surface area contributed by atoms with Crippen LogP contribution in [0.1, 0.15) is 15.9 Å². The molecule has 2 rings (SSSR count). The molecule has 8 nitrogen and oxygen atoms in total. The summed E-state index contributed by atoms with van der Waals surface area (Å²) in [5.74, 6) is 0.315. The predicted molar refractivity (Wildman–Crippen MR) is 87.7 cm³/mol. The highest BCUT2D eigenvalue weighted by atomic mass is 16.6. The van der Waals surface area contributed by atoms with Gasteiger partial charge < -0.3 is 9.47 Å². The van der Waals surface area contributed by atoms with Crippen LogP contribution in [0.5, 0.6) is 11.5 Å². The molecule has 0 radical (unpaired) electrons. The van der Waals surface area contributed by atoms with E-state index in [-0.39, 0.29) is 17.0 Å². The molecule has 124 valence electrons. The Morgan fingerprint density at radius 1 is 1.17 bits per heavy atom. The standard InChI is InChI=1S/C16H15N3O5/c1-23-13-6-3-11(4-7-13)10-17-18-16(20)14-9-12(19(21)22)5-8-15(14)24-2/h3-10H,1-2H3,(H,18,20). The van der Waals surface area contributed by atoms with Crippen molar-refractivity contribution in [2.75, 3.05) is 14.2 Å². The van der Waals surface area contributed by atoms with Gasteiger partial charge in [0, 0.05) is 12.1 Å². The van der Waals surface area contributed by atoms with Crippen molar-refractivity contribution in [3.63, 3.8) is 0 Å². The lowest BCUT2D eigenvalue weighted by molar-refractivity contribution is -0.384. The summed E-state index contributed by atoms with van der Waals surface area (Å²) in [5, 5.41) is 14.7. The quantitative estimate of drug-likeness (QED) is 0.498. The van der Waals surface area contributed by atoms with Crippen molar-refractivity contribution in [2.45, 2.75) is 0 Å². The van der Waals surface area contributed by atoms with Crippen LogP contribution in [0, 0.1) is 10.1 Å². The number of rotatable bonds is 6. The van der Waals surface area contributed by atoms with Crippen LogP contribution in [0.25, 0.3) is 0 Å². The van der Waals surface area contributed by atoms with Gasteiger partial charge in [0.2, 0.25) is 0 Å². The molecule has 2 aromatic rings. The summed E-state index contributed by atoms with van der Waals surface area (Å²) in [4.78, 5) is 22.4. The van der Waals surface area contributed by atoms with Crippen molar-refractivity contribution >= 4 is 17.8 Å². The fourth-order valence-corrected chi connectivity index (χ4v) is 1.90. The van der Waals surface area contributed by atoms with Crippen LogP contribution in [0.3, 0.4) is 0 Å². The molecule has 0 aliphatic carbocycles. The van der Waals surface area contributed by atoms with Gasteiger partial charge in [-0.1, -0.05) is 0 Å². The summed E-state index contributed by atoms with van der Waals surface area (Å²) in [6.07, 6.45) is 1.45. The minimum atomic E-state index is -0.611. The van der Waals surface area contributed by atoms with Gasteiger partial charge in [-0.2, -0.15) is 5.10 Å². The number of nitrogens with one attached hydrogen (secondary N) is 1. The Kier molecular flexibility index (Phi) is 5.45. The lowest BCUT2D eigenvalue weighted by Gasteiger charge is -2.06. The van der Waals surface area contributed by atoms with Crippen LogP contribution in [0.15, 0.2) is 47.6 Å². The van der Waals surface area contributed by atoms with Crippen LogP contribution in [-0.4, -0.2) is 31.3 Å². The minimum absolute atomic E-state index is 0.0265. The summed E-state index contributed by atoms with van der Waals surface area (Å²) in [7, 11) is 2.94. The Morgan fingerprint density at radius 2 is 1.88 bits per heavy atom. The number of benzene rings is 2. The maximum Gasteiger partial charge on any atom is 0.275 e. The number of nitrogens with zero attached hydrogens (tertiary/aromatic N) is 2. The molecule has 0 saturated carbocycles. The first-order valence-electron chi connectivity index (χ1n) is 6.85. The fourth-order valence-electron chi connectivity index (χ4n) is 1.90. The largest absolute Gasteiger partial charge is 0.497 e. The van der Waals surface area contributed by atoms with Crippen LogP contribution >= 0.6 is 0 Å². The number of nitro groups is 1. The fraction of sp³-hybridized carbons (Fsp3) is 0.125. The highest BCUT2D eigenvalue weighted by Gasteiger charge is 2.17. The molecule has 8 heteroatoms. The topological polar surface area (TPSA) is 103 Å². The second-order valence-corrected chi connectivity index (χ2v) is 4.61. The maximum absolute atomic E-state index is 12.1. The van der Waals surface area contributed by atoms with Gasteiger partial charge in [0.05, 0.1) is 30.9 Å². The molecule has 0 fully saturated rings. The number of amides is 1. The van der Waals surface area contributed by atoms with Gasteiger partial charge in [0.1, 0.15) is 11.5 Å². The first-order chi connectivity index (χ1) is 11.5. The van der Waals surface area contributed by atoms with E-state index in [1.807, 2.05) is 0 Å². The van der Waals surface area contributed by atoms with Crippen LogP contribution in [0.4, 0.5) is 5.69 Å². The maximum atomic E-state index is 12.1. The summed E-state index contributed by atoms with van der Waals surface area (Å²) >= 11 is 0. The lowest BCUT2D eigenvalue weighted by atomic mass is 10.1. The number of hydrogen-bond donors (Lipinski definition) is 1. The molecular formula is C16H15N3O5. The number of hydrazone groups is 1. The summed E-state index contributed by atoms with van der Waals surface area (Å²) in [6, 6.07) is 10.8. The second-order valence-electron chi connectivity index (χ2n) is 4.61. The zero-order valence-electron chi connectivity index (χ0n) is 13.1. The van der Waals surface area contributed by atoms with Gasteiger partial charge in [0.25, 0.3) is 11.6 Å². The van der Waals surface area contributed by atoms with E-state index in [4.69, 9.17) is 9.47 Å². The monoisotopic (exact) mass is 329 g/mol. The van der Waals surface area contributed by atoms with Crippen LogP contribution in [0.2, 0.25) is 0 Å². The van der Waals surface area contributed by atoms with E-state index in [1.165, 1.54) is 25.5 Å². The van der Waals surface area contributed by atoms with E-state index in [2.05, 4.69) is 10.5 Å². The van der Waals surface area contributed by atoms with Gasteiger partial charge >= 0.3 is 0 Å². The molecule has 0 unspecified atom stereocenters. The van der Waals surface area contributed by atoms with Crippen molar-refractivity contribution in [3.05, 3.63) is 63.7 Å². The molecule has 0 spiro atoms. The third-order valence-electron chi connectivity index (χ3n) is 3.13. The molecule has 0 atom stereocenters. The molecule has 0 aromatic heterocycles. The van der Waals surface area contributed by atoms with Crippen molar-refractivity contribution in [3.8, 4) is 11.5 Å². The number of nitro benzene ring substituents is 1. The molecule has 0 saturated heterocycles. The number of ether oxygens (including phenoxy) is 2. The highest BCUT2D eigenvalue weighted by molar-refractivity contribution is 5.98. The lowest BCUT2D eigenvalue weighted by Crippen LogP contribution is -2.18. The van der Waals surface area contributed by atoms with E-state index < -0.39 is 10.8 Å². The summed E-state index contributed by atoms with van der Waals surface area (Å²) in [5.41, 5.74) is 2.88. The number of non-ortho nitro benzene ring substituents is 1. The SMILES string of the molecule is COc1ccc(C=NNC(=O)c2cc([N+](=O)[O-])ccc2OC)cc1. The first kappa shape index (κ1) is 16.9. The van der Waals surface area contributed by atoms with E-state index in [0.717, 1.165) is 11.6 Å². The number of carbonyl (C=O) groups excluding carboxylic acids is 1. The smallest absolute Gasteiger partial charge is 0.275 e. The minimum Gasteiger partial charge on any atom is -0.497 e. The number of methoxy groups -OCH3 is 2. The molecule has 0 heterocycles. The Morgan fingerprint density at radius 3 is 2.46 bits per heavy atom. The Hall–Kier alpha value is -3.42. The highest BCUT2D eigenvalue weighted by Crippen LogP contribution is 2.23. The van der Waals surface area contributed by atoms with E-state index in [9.17, 15) is 14.9 Å². The van der Waals surface area contributed by atoms with Gasteiger partial charge in [0.15, 0.2) is 0 Å². The molecule has 2 aromatic carbocycles. The van der Waals surface area contributed by atoms with Gasteiger partial charge in [-0.25, -0.2) is 5.43 Å². The average Bonchev–Trinajstić information content (AvgIpc) is 2.61. The third kappa shape index (κ3) is 4.07. The molecule has 0 aliphatic heterocycles. The molecule has 0 bridgehead atoms. The third-order valence-corrected chi connectivity index (χ3v) is 3.13. The molecule has 1 N–H and O–H groups in total. The van der Waals surface area contributed by atoms with Gasteiger partial charge in [-0.05, 0) is 35.9 Å². The first-order valence-corrected chi connectivity index (χ1v) is 6.85. The Balaban J connectivity index is 2.12. The molecule has 24 heavy (non-hydrogen) atoms. The van der Waals surface area contributed by atoms with Gasteiger partial charge in [-0.15, -0.1) is 0 Å². The van der Waals surface area contributed by atoms with Gasteiger partial charge in [-0.3, -0.25) is 14.9 Å². The zero-order valence-corrected chi connectivity index (χ0v) is 13.1. The van der Waals surface area contributed by atoms with E-state index >= 15 is 0 Å². The number of hydrogen-bond acceptors (Lipinski definition) is 6. The molecule has 1 amide bonds. The summed E-state index contributed by atoms with van der Waals surface area (Å²) < 4.78 is 10.1. The Labute approximate surface area is 137 Å². The van der Waals surface area contributed by atoms with Crippen molar-refractivity contribution in [1.82, 2.24) is 5.43 Å².